The monoisotopic (exact) mass is 331 g/mol. The molecule has 0 fully saturated rings. The van der Waals surface area contributed by atoms with Crippen LogP contribution in [-0.2, 0) is 0 Å². The molecule has 17 heavy (non-hydrogen) atoms. The van der Waals surface area contributed by atoms with E-state index in [9.17, 15) is 0 Å². The maximum atomic E-state index is 4.23. The minimum Gasteiger partial charge on any atom is -0.369 e. The molecule has 0 saturated heterocycles. The van der Waals surface area contributed by atoms with Gasteiger partial charge < -0.3 is 5.32 Å². The third-order valence-electron chi connectivity index (χ3n) is 1.83. The topological polar surface area (TPSA) is 63.6 Å². The molecule has 5 nitrogen and oxygen atoms in total. The van der Waals surface area contributed by atoms with Gasteiger partial charge in [0.15, 0.2) is 4.34 Å². The highest BCUT2D eigenvalue weighted by atomic mass is 79.9. The predicted octanol–water partition coefficient (Wildman–Crippen LogP) is 3.06. The van der Waals surface area contributed by atoms with Crippen molar-refractivity contribution in [1.29, 1.82) is 0 Å². The van der Waals surface area contributed by atoms with Crippen LogP contribution in [0.25, 0.3) is 0 Å². The van der Waals surface area contributed by atoms with Gasteiger partial charge in [-0.3, -0.25) is 0 Å². The molecule has 0 amide bonds. The van der Waals surface area contributed by atoms with E-state index in [1.807, 2.05) is 0 Å². The SMILES string of the molecule is CCCNc1ncnc(Sc2ncns2)c1Br. The van der Waals surface area contributed by atoms with Gasteiger partial charge >= 0.3 is 0 Å². The van der Waals surface area contributed by atoms with E-state index in [-0.39, 0.29) is 0 Å². The molecule has 90 valence electrons. The lowest BCUT2D eigenvalue weighted by molar-refractivity contribution is 0.945. The molecule has 2 rings (SSSR count). The van der Waals surface area contributed by atoms with E-state index in [0.717, 1.165) is 32.6 Å². The molecule has 0 atom stereocenters. The highest BCUT2D eigenvalue weighted by Crippen LogP contribution is 2.34. The Labute approximate surface area is 116 Å². The molecular formula is C9H10BrN5S2. The van der Waals surface area contributed by atoms with Crippen molar-refractivity contribution in [2.75, 3.05) is 11.9 Å². The summed E-state index contributed by atoms with van der Waals surface area (Å²) in [7, 11) is 0. The van der Waals surface area contributed by atoms with Crippen LogP contribution in [-0.4, -0.2) is 25.9 Å². The zero-order valence-corrected chi connectivity index (χ0v) is 12.3. The molecule has 0 aliphatic carbocycles. The molecule has 0 aliphatic rings. The van der Waals surface area contributed by atoms with Crippen LogP contribution in [0.2, 0.25) is 0 Å². The molecule has 0 spiro atoms. The second-order valence-corrected chi connectivity index (χ2v) is 5.89. The largest absolute Gasteiger partial charge is 0.369 e. The van der Waals surface area contributed by atoms with Crippen molar-refractivity contribution in [3.63, 3.8) is 0 Å². The van der Waals surface area contributed by atoms with E-state index >= 15 is 0 Å². The molecule has 0 radical (unpaired) electrons. The lowest BCUT2D eigenvalue weighted by atomic mass is 10.4. The fourth-order valence-electron chi connectivity index (χ4n) is 1.08. The van der Waals surface area contributed by atoms with E-state index < -0.39 is 0 Å². The first kappa shape index (κ1) is 12.7. The van der Waals surface area contributed by atoms with Gasteiger partial charge in [-0.1, -0.05) is 6.92 Å². The van der Waals surface area contributed by atoms with Crippen molar-refractivity contribution in [3.8, 4) is 0 Å². The van der Waals surface area contributed by atoms with Gasteiger partial charge in [0, 0.05) is 6.54 Å². The summed E-state index contributed by atoms with van der Waals surface area (Å²) in [5.41, 5.74) is 0. The summed E-state index contributed by atoms with van der Waals surface area (Å²) in [4.78, 5) is 12.5. The Kier molecular flexibility index (Phi) is 4.69. The molecule has 1 N–H and O–H groups in total. The van der Waals surface area contributed by atoms with Gasteiger partial charge in [0.2, 0.25) is 0 Å². The average Bonchev–Trinajstić information content (AvgIpc) is 2.83. The van der Waals surface area contributed by atoms with Gasteiger partial charge in [-0.15, -0.1) is 0 Å². The zero-order chi connectivity index (χ0) is 12.1. The lowest BCUT2D eigenvalue weighted by Crippen LogP contribution is -2.03. The van der Waals surface area contributed by atoms with Crippen LogP contribution in [0.15, 0.2) is 26.5 Å². The van der Waals surface area contributed by atoms with Gasteiger partial charge in [0.1, 0.15) is 23.5 Å². The van der Waals surface area contributed by atoms with Crippen LogP contribution >= 0.6 is 39.2 Å². The fourth-order valence-corrected chi connectivity index (χ4v) is 3.01. The summed E-state index contributed by atoms with van der Waals surface area (Å²) in [5, 5.41) is 4.08. The van der Waals surface area contributed by atoms with Crippen LogP contribution < -0.4 is 5.32 Å². The van der Waals surface area contributed by atoms with Crippen molar-refractivity contribution >= 4 is 45.0 Å². The molecule has 2 aromatic heterocycles. The summed E-state index contributed by atoms with van der Waals surface area (Å²) < 4.78 is 5.69. The summed E-state index contributed by atoms with van der Waals surface area (Å²) in [5.74, 6) is 0.814. The maximum Gasteiger partial charge on any atom is 0.176 e. The number of anilines is 1. The molecule has 0 bridgehead atoms. The number of hydrogen-bond donors (Lipinski definition) is 1. The van der Waals surface area contributed by atoms with E-state index in [0.29, 0.717) is 0 Å². The van der Waals surface area contributed by atoms with Crippen LogP contribution in [0.5, 0.6) is 0 Å². The van der Waals surface area contributed by atoms with Gasteiger partial charge in [-0.25, -0.2) is 15.0 Å². The second kappa shape index (κ2) is 6.27. The molecular weight excluding hydrogens is 322 g/mol. The van der Waals surface area contributed by atoms with Gasteiger partial charge in [-0.05, 0) is 45.6 Å². The Bertz CT molecular complexity index is 476. The standard InChI is InChI=1S/C9H10BrN5S2/c1-2-3-11-7-6(10)8(13-4-12-7)16-9-14-5-15-17-9/h4-5H,2-3H2,1H3,(H,11,12,13). The highest BCUT2D eigenvalue weighted by molar-refractivity contribution is 9.10. The van der Waals surface area contributed by atoms with E-state index in [1.54, 1.807) is 12.7 Å². The molecule has 2 heterocycles. The quantitative estimate of drug-likeness (QED) is 0.849. The smallest absolute Gasteiger partial charge is 0.176 e. The van der Waals surface area contributed by atoms with Gasteiger partial charge in [0.05, 0.1) is 4.47 Å². The molecule has 0 unspecified atom stereocenters. The van der Waals surface area contributed by atoms with Gasteiger partial charge in [0.25, 0.3) is 0 Å². The molecule has 0 aromatic carbocycles. The maximum absolute atomic E-state index is 4.23. The summed E-state index contributed by atoms with van der Waals surface area (Å²) >= 11 is 6.33. The first-order valence-corrected chi connectivity index (χ1v) is 7.38. The van der Waals surface area contributed by atoms with Crippen LogP contribution in [0.1, 0.15) is 13.3 Å². The number of nitrogens with zero attached hydrogens (tertiary/aromatic N) is 4. The third-order valence-corrected chi connectivity index (χ3v) is 4.56. The third kappa shape index (κ3) is 3.36. The van der Waals surface area contributed by atoms with Gasteiger partial charge in [-0.2, -0.15) is 4.37 Å². The lowest BCUT2D eigenvalue weighted by Gasteiger charge is -2.07. The van der Waals surface area contributed by atoms with E-state index in [1.165, 1.54) is 23.3 Å². The minimum absolute atomic E-state index is 0.814. The Morgan fingerprint density at radius 1 is 1.35 bits per heavy atom. The number of hydrogen-bond acceptors (Lipinski definition) is 7. The Balaban J connectivity index is 2.17. The number of halogens is 1. The van der Waals surface area contributed by atoms with Crippen LogP contribution in [0.3, 0.4) is 0 Å². The Hall–Kier alpha value is -0.730. The first-order valence-electron chi connectivity index (χ1n) is 5.00. The highest BCUT2D eigenvalue weighted by Gasteiger charge is 2.11. The van der Waals surface area contributed by atoms with Crippen molar-refractivity contribution in [3.05, 3.63) is 17.1 Å². The van der Waals surface area contributed by atoms with Crippen LogP contribution in [0.4, 0.5) is 5.82 Å². The van der Waals surface area contributed by atoms with Crippen molar-refractivity contribution in [2.45, 2.75) is 22.7 Å². The van der Waals surface area contributed by atoms with E-state index in [4.69, 9.17) is 0 Å². The molecule has 0 saturated carbocycles. The summed E-state index contributed by atoms with van der Waals surface area (Å²) in [6.07, 6.45) is 4.14. The summed E-state index contributed by atoms with van der Waals surface area (Å²) in [6.45, 7) is 3.00. The first-order chi connectivity index (χ1) is 8.31. The minimum atomic E-state index is 0.814. The second-order valence-electron chi connectivity index (χ2n) is 3.08. The molecule has 2 aromatic rings. The Morgan fingerprint density at radius 3 is 2.94 bits per heavy atom. The summed E-state index contributed by atoms with van der Waals surface area (Å²) in [6, 6.07) is 0. The van der Waals surface area contributed by atoms with Crippen molar-refractivity contribution in [2.24, 2.45) is 0 Å². The van der Waals surface area contributed by atoms with Crippen molar-refractivity contribution in [1.82, 2.24) is 19.3 Å². The predicted molar refractivity (Wildman–Crippen MR) is 72.5 cm³/mol. The number of rotatable bonds is 5. The number of aromatic nitrogens is 4. The van der Waals surface area contributed by atoms with E-state index in [2.05, 4.69) is 47.5 Å². The zero-order valence-electron chi connectivity index (χ0n) is 9.05. The number of nitrogens with one attached hydrogen (secondary N) is 1. The molecule has 8 heteroatoms. The van der Waals surface area contributed by atoms with Crippen molar-refractivity contribution < 1.29 is 0 Å². The normalized spacial score (nSPS) is 10.5. The van der Waals surface area contributed by atoms with Crippen LogP contribution in [0, 0.1) is 0 Å². The Morgan fingerprint density at radius 2 is 2.24 bits per heavy atom. The fraction of sp³-hybridized carbons (Fsp3) is 0.333. The molecule has 0 aliphatic heterocycles. The average molecular weight is 332 g/mol.